The summed E-state index contributed by atoms with van der Waals surface area (Å²) in [5.74, 6) is 0.470. The second kappa shape index (κ2) is 8.68. The van der Waals surface area contributed by atoms with E-state index in [0.717, 1.165) is 12.0 Å². The molecule has 19 heavy (non-hydrogen) atoms. The van der Waals surface area contributed by atoms with Crippen LogP contribution in [0.25, 0.3) is 0 Å². The number of allylic oxidation sites excluding steroid dienone is 8. The van der Waals surface area contributed by atoms with Gasteiger partial charge in [-0.3, -0.25) is 0 Å². The van der Waals surface area contributed by atoms with E-state index < -0.39 is 0 Å². The van der Waals surface area contributed by atoms with Gasteiger partial charge in [-0.15, -0.1) is 0 Å². The Kier molecular flexibility index (Phi) is 8.06. The summed E-state index contributed by atoms with van der Waals surface area (Å²) in [5, 5.41) is 7.64. The Labute approximate surface area is 119 Å². The molecule has 0 heterocycles. The predicted octanol–water partition coefficient (Wildman–Crippen LogP) is 5.86. The Morgan fingerprint density at radius 1 is 1.26 bits per heavy atom. The Bertz CT molecular complexity index is 431. The molecule has 0 aliphatic heterocycles. The molecule has 0 saturated heterocycles. The fourth-order valence-corrected chi connectivity index (χ4v) is 2.25. The second-order valence-corrected chi connectivity index (χ2v) is 4.87. The van der Waals surface area contributed by atoms with Crippen LogP contribution in [0.4, 0.5) is 0 Å². The molecule has 106 valence electrons. The second-order valence-electron chi connectivity index (χ2n) is 4.87. The standard InChI is InChI=1S/C16H23N.C2H6/c1-6-13(4)16(10-17)15-9-12(3)7-11(2)8-14(15)5;1-2/h7-11,17H,6H2,1-5H3;1-2H3/b16-13+,17-10?;. The van der Waals surface area contributed by atoms with Gasteiger partial charge in [-0.05, 0) is 49.8 Å². The summed E-state index contributed by atoms with van der Waals surface area (Å²) in [6, 6.07) is 0. The van der Waals surface area contributed by atoms with Crippen molar-refractivity contribution in [1.29, 1.82) is 5.41 Å². The SMILES string of the molecule is CC.CC/C(C)=C(\C=N)C1=CC(C)=CC(C)C=C1C. The molecule has 1 N–H and O–H groups in total. The lowest BCUT2D eigenvalue weighted by Crippen LogP contribution is -1.97. The predicted molar refractivity (Wildman–Crippen MR) is 87.9 cm³/mol. The molecule has 0 saturated carbocycles. The molecule has 0 aromatic rings. The Hall–Kier alpha value is -1.37. The van der Waals surface area contributed by atoms with Crippen LogP contribution < -0.4 is 0 Å². The summed E-state index contributed by atoms with van der Waals surface area (Å²) in [4.78, 5) is 0. The first kappa shape index (κ1) is 17.6. The first-order chi connectivity index (χ1) is 8.99. The molecule has 1 rings (SSSR count). The van der Waals surface area contributed by atoms with Gasteiger partial charge in [-0.2, -0.15) is 0 Å². The van der Waals surface area contributed by atoms with E-state index in [1.807, 2.05) is 13.8 Å². The van der Waals surface area contributed by atoms with Crippen molar-refractivity contribution >= 4 is 6.21 Å². The lowest BCUT2D eigenvalue weighted by molar-refractivity contribution is 0.924. The van der Waals surface area contributed by atoms with Crippen LogP contribution in [0.2, 0.25) is 0 Å². The van der Waals surface area contributed by atoms with Crippen LogP contribution in [0.3, 0.4) is 0 Å². The maximum Gasteiger partial charge on any atom is 0.0255 e. The van der Waals surface area contributed by atoms with E-state index in [-0.39, 0.29) is 0 Å². The molecule has 0 amide bonds. The highest BCUT2D eigenvalue weighted by Crippen LogP contribution is 2.28. The van der Waals surface area contributed by atoms with E-state index in [1.165, 1.54) is 28.5 Å². The van der Waals surface area contributed by atoms with E-state index in [1.54, 1.807) is 0 Å². The zero-order valence-corrected chi connectivity index (χ0v) is 13.6. The van der Waals surface area contributed by atoms with Gasteiger partial charge in [0.15, 0.2) is 0 Å². The molecular weight excluding hydrogens is 230 g/mol. The van der Waals surface area contributed by atoms with E-state index in [0.29, 0.717) is 5.92 Å². The molecule has 0 bridgehead atoms. The first-order valence-electron chi connectivity index (χ1n) is 7.29. The van der Waals surface area contributed by atoms with Gasteiger partial charge >= 0.3 is 0 Å². The first-order valence-corrected chi connectivity index (χ1v) is 7.29. The van der Waals surface area contributed by atoms with E-state index in [9.17, 15) is 0 Å². The van der Waals surface area contributed by atoms with Crippen molar-refractivity contribution in [2.24, 2.45) is 5.92 Å². The minimum atomic E-state index is 0.470. The smallest absolute Gasteiger partial charge is 0.0255 e. The number of rotatable bonds is 3. The van der Waals surface area contributed by atoms with Crippen molar-refractivity contribution in [3.8, 4) is 0 Å². The van der Waals surface area contributed by atoms with Gasteiger partial charge in [0.05, 0.1) is 0 Å². The van der Waals surface area contributed by atoms with Crippen molar-refractivity contribution in [2.45, 2.75) is 54.9 Å². The van der Waals surface area contributed by atoms with Crippen LogP contribution in [-0.2, 0) is 0 Å². The molecular formula is C18H29N. The largest absolute Gasteiger partial charge is 0.308 e. The topological polar surface area (TPSA) is 23.9 Å². The molecule has 1 atom stereocenters. The quantitative estimate of drug-likeness (QED) is 0.614. The molecule has 1 aliphatic rings. The monoisotopic (exact) mass is 259 g/mol. The lowest BCUT2D eigenvalue weighted by atomic mass is 9.93. The zero-order chi connectivity index (χ0) is 15.0. The molecule has 1 nitrogen and oxygen atoms in total. The van der Waals surface area contributed by atoms with E-state index in [2.05, 4.69) is 52.8 Å². The minimum Gasteiger partial charge on any atom is -0.308 e. The summed E-state index contributed by atoms with van der Waals surface area (Å²) in [5.41, 5.74) is 6.11. The molecule has 1 heteroatoms. The van der Waals surface area contributed by atoms with Crippen LogP contribution in [0.1, 0.15) is 54.9 Å². The van der Waals surface area contributed by atoms with Crippen molar-refractivity contribution in [3.05, 3.63) is 46.1 Å². The summed E-state index contributed by atoms with van der Waals surface area (Å²) < 4.78 is 0. The van der Waals surface area contributed by atoms with Gasteiger partial charge in [-0.25, -0.2) is 0 Å². The minimum absolute atomic E-state index is 0.470. The van der Waals surface area contributed by atoms with Crippen LogP contribution in [0, 0.1) is 11.3 Å². The maximum absolute atomic E-state index is 7.64. The Balaban J connectivity index is 0.00000154. The van der Waals surface area contributed by atoms with E-state index >= 15 is 0 Å². The van der Waals surface area contributed by atoms with Gasteiger partial charge in [0.25, 0.3) is 0 Å². The third-order valence-corrected chi connectivity index (χ3v) is 3.26. The fourth-order valence-electron chi connectivity index (χ4n) is 2.25. The zero-order valence-electron chi connectivity index (χ0n) is 13.6. The highest BCUT2D eigenvalue weighted by atomic mass is 14.3. The average molecular weight is 259 g/mol. The van der Waals surface area contributed by atoms with Crippen molar-refractivity contribution in [3.63, 3.8) is 0 Å². The van der Waals surface area contributed by atoms with Gasteiger partial charge in [0, 0.05) is 6.21 Å². The molecule has 0 spiro atoms. The molecule has 0 aromatic carbocycles. The summed E-state index contributed by atoms with van der Waals surface area (Å²) in [7, 11) is 0. The van der Waals surface area contributed by atoms with Gasteiger partial charge in [-0.1, -0.05) is 57.1 Å². The summed E-state index contributed by atoms with van der Waals surface area (Å²) in [6.45, 7) is 14.7. The highest BCUT2D eigenvalue weighted by molar-refractivity contribution is 5.86. The molecule has 1 aliphatic carbocycles. The third kappa shape index (κ3) is 5.02. The molecule has 1 unspecified atom stereocenters. The summed E-state index contributed by atoms with van der Waals surface area (Å²) >= 11 is 0. The van der Waals surface area contributed by atoms with Gasteiger partial charge in [0.1, 0.15) is 0 Å². The number of hydrogen-bond acceptors (Lipinski definition) is 1. The lowest BCUT2D eigenvalue weighted by Gasteiger charge is -2.12. The normalized spacial score (nSPS) is 19.9. The van der Waals surface area contributed by atoms with Crippen LogP contribution in [0.15, 0.2) is 46.1 Å². The maximum atomic E-state index is 7.64. The third-order valence-electron chi connectivity index (χ3n) is 3.26. The Morgan fingerprint density at radius 3 is 2.32 bits per heavy atom. The number of hydrogen-bond donors (Lipinski definition) is 1. The number of nitrogens with one attached hydrogen (secondary N) is 1. The van der Waals surface area contributed by atoms with Crippen molar-refractivity contribution in [1.82, 2.24) is 0 Å². The highest BCUT2D eigenvalue weighted by Gasteiger charge is 2.11. The van der Waals surface area contributed by atoms with Gasteiger partial charge < -0.3 is 5.41 Å². The summed E-state index contributed by atoms with van der Waals surface area (Å²) in [6.07, 6.45) is 9.22. The van der Waals surface area contributed by atoms with Crippen LogP contribution in [0.5, 0.6) is 0 Å². The molecule has 0 radical (unpaired) electrons. The molecule has 0 aromatic heterocycles. The van der Waals surface area contributed by atoms with E-state index in [4.69, 9.17) is 5.41 Å². The fraction of sp³-hybridized carbons (Fsp3) is 0.500. The molecule has 0 fully saturated rings. The van der Waals surface area contributed by atoms with Gasteiger partial charge in [0.2, 0.25) is 0 Å². The van der Waals surface area contributed by atoms with Crippen molar-refractivity contribution < 1.29 is 0 Å². The Morgan fingerprint density at radius 2 is 1.84 bits per heavy atom. The average Bonchev–Trinajstić information content (AvgIpc) is 2.51. The van der Waals surface area contributed by atoms with Crippen LogP contribution in [-0.4, -0.2) is 6.21 Å². The van der Waals surface area contributed by atoms with Crippen LogP contribution >= 0.6 is 0 Å². The van der Waals surface area contributed by atoms with Crippen molar-refractivity contribution in [2.75, 3.05) is 0 Å².